The number of carbonyl (C=O) groups is 1. The molecule has 0 unspecified atom stereocenters. The number of rotatable bonds is 1. The number of fused-ring (bicyclic) bond motifs is 1. The largest absolute Gasteiger partial charge is 0.435 e. The van der Waals surface area contributed by atoms with Crippen molar-refractivity contribution < 1.29 is 9.21 Å². The first-order valence-electron chi connectivity index (χ1n) is 3.30. The molecule has 0 aliphatic heterocycles. The van der Waals surface area contributed by atoms with Crippen LogP contribution in [0, 0.1) is 0 Å². The molecule has 2 aromatic heterocycles. The molecule has 0 radical (unpaired) electrons. The first-order chi connectivity index (χ1) is 5.79. The molecule has 0 saturated carbocycles. The number of furan rings is 1. The third-order valence-electron chi connectivity index (χ3n) is 1.47. The third-order valence-corrected chi connectivity index (χ3v) is 1.68. The number of nitrogens with zero attached hydrogens (tertiary/aromatic N) is 1. The van der Waals surface area contributed by atoms with E-state index in [2.05, 4.69) is 4.98 Å². The highest BCUT2D eigenvalue weighted by Gasteiger charge is 2.03. The van der Waals surface area contributed by atoms with Gasteiger partial charge in [0.15, 0.2) is 12.0 Å². The molecule has 0 bridgehead atoms. The summed E-state index contributed by atoms with van der Waals surface area (Å²) in [5.74, 6) is 0.264. The van der Waals surface area contributed by atoms with Gasteiger partial charge >= 0.3 is 0 Å². The molecule has 0 aliphatic rings. The fraction of sp³-hybridized carbons (Fsp3) is 0. The summed E-state index contributed by atoms with van der Waals surface area (Å²) in [6.45, 7) is 0. The minimum Gasteiger partial charge on any atom is -0.435 e. The Morgan fingerprint density at radius 3 is 3.08 bits per heavy atom. The van der Waals surface area contributed by atoms with Crippen molar-refractivity contribution in [2.45, 2.75) is 0 Å². The van der Waals surface area contributed by atoms with Gasteiger partial charge in [0, 0.05) is 11.6 Å². The van der Waals surface area contributed by atoms with Crippen molar-refractivity contribution in [3.8, 4) is 0 Å². The van der Waals surface area contributed by atoms with Crippen LogP contribution in [0.5, 0.6) is 0 Å². The van der Waals surface area contributed by atoms with Crippen LogP contribution in [-0.4, -0.2) is 11.3 Å². The van der Waals surface area contributed by atoms with Crippen LogP contribution in [0.4, 0.5) is 0 Å². The van der Waals surface area contributed by atoms with Gasteiger partial charge in [-0.05, 0) is 12.1 Å². The van der Waals surface area contributed by atoms with Gasteiger partial charge in [0.2, 0.25) is 5.71 Å². The van der Waals surface area contributed by atoms with Crippen LogP contribution in [0.25, 0.3) is 11.1 Å². The normalized spacial score (nSPS) is 10.4. The number of hydrogen-bond donors (Lipinski definition) is 0. The molecular formula is C8H4ClNO2. The molecule has 0 saturated heterocycles. The third kappa shape index (κ3) is 1.08. The van der Waals surface area contributed by atoms with Gasteiger partial charge < -0.3 is 4.42 Å². The number of pyridine rings is 1. The average molecular weight is 182 g/mol. The van der Waals surface area contributed by atoms with E-state index in [4.69, 9.17) is 16.0 Å². The molecule has 12 heavy (non-hydrogen) atoms. The van der Waals surface area contributed by atoms with Crippen LogP contribution < -0.4 is 0 Å². The quantitative estimate of drug-likeness (QED) is 0.634. The lowest BCUT2D eigenvalue weighted by Crippen LogP contribution is -1.70. The van der Waals surface area contributed by atoms with Crippen molar-refractivity contribution in [3.05, 3.63) is 29.1 Å². The summed E-state index contributed by atoms with van der Waals surface area (Å²) in [6, 6.07) is 3.29. The van der Waals surface area contributed by atoms with Crippen molar-refractivity contribution in [1.29, 1.82) is 0 Å². The Hall–Kier alpha value is -1.35. The Kier molecular flexibility index (Phi) is 1.59. The van der Waals surface area contributed by atoms with Crippen molar-refractivity contribution >= 4 is 29.0 Å². The Morgan fingerprint density at radius 2 is 2.33 bits per heavy atom. The molecular weight excluding hydrogens is 178 g/mol. The van der Waals surface area contributed by atoms with Crippen molar-refractivity contribution in [2.24, 2.45) is 0 Å². The van der Waals surface area contributed by atoms with Crippen molar-refractivity contribution in [3.63, 3.8) is 0 Å². The van der Waals surface area contributed by atoms with Crippen LogP contribution in [-0.2, 0) is 0 Å². The number of aromatic nitrogens is 1. The highest BCUT2D eigenvalue weighted by molar-refractivity contribution is 6.31. The molecule has 60 valence electrons. The first-order valence-corrected chi connectivity index (χ1v) is 3.67. The predicted octanol–water partition coefficient (Wildman–Crippen LogP) is 2.29. The zero-order valence-electron chi connectivity index (χ0n) is 5.95. The molecule has 2 rings (SSSR count). The molecule has 2 heterocycles. The van der Waals surface area contributed by atoms with E-state index in [-0.39, 0.29) is 5.76 Å². The molecule has 0 atom stereocenters. The van der Waals surface area contributed by atoms with E-state index in [0.29, 0.717) is 17.0 Å². The highest BCUT2D eigenvalue weighted by Crippen LogP contribution is 2.19. The molecule has 0 aliphatic carbocycles. The minimum atomic E-state index is 0.264. The lowest BCUT2D eigenvalue weighted by Gasteiger charge is -1.86. The summed E-state index contributed by atoms with van der Waals surface area (Å²) in [6.07, 6.45) is 2.11. The zero-order valence-corrected chi connectivity index (χ0v) is 6.71. The number of carbonyl (C=O) groups excluding carboxylic acids is 1. The van der Waals surface area contributed by atoms with E-state index in [0.717, 1.165) is 5.39 Å². The van der Waals surface area contributed by atoms with Crippen LogP contribution in [0.1, 0.15) is 10.6 Å². The SMILES string of the molecule is O=Cc1cc2cc(Cl)cnc2o1. The topological polar surface area (TPSA) is 43.1 Å². The Morgan fingerprint density at radius 1 is 1.50 bits per heavy atom. The smallest absolute Gasteiger partial charge is 0.226 e. The van der Waals surface area contributed by atoms with Crippen LogP contribution >= 0.6 is 11.6 Å². The van der Waals surface area contributed by atoms with Gasteiger partial charge in [-0.1, -0.05) is 11.6 Å². The summed E-state index contributed by atoms with van der Waals surface area (Å²) >= 11 is 5.68. The second kappa shape index (κ2) is 2.60. The summed E-state index contributed by atoms with van der Waals surface area (Å²) in [5.41, 5.74) is 0.432. The molecule has 4 heteroatoms. The number of hydrogen-bond acceptors (Lipinski definition) is 3. The minimum absolute atomic E-state index is 0.264. The van der Waals surface area contributed by atoms with E-state index in [1.807, 2.05) is 0 Å². The Labute approximate surface area is 73.0 Å². The predicted molar refractivity (Wildman–Crippen MR) is 44.4 cm³/mol. The first kappa shape index (κ1) is 7.31. The number of halogens is 1. The summed E-state index contributed by atoms with van der Waals surface area (Å²) in [5, 5.41) is 1.27. The van der Waals surface area contributed by atoms with Crippen molar-refractivity contribution in [1.82, 2.24) is 4.98 Å². The summed E-state index contributed by atoms with van der Waals surface area (Å²) in [7, 11) is 0. The fourth-order valence-corrected chi connectivity index (χ4v) is 1.15. The molecule has 0 amide bonds. The molecule has 0 N–H and O–H groups in total. The number of aldehydes is 1. The monoisotopic (exact) mass is 181 g/mol. The zero-order chi connectivity index (χ0) is 8.55. The van der Waals surface area contributed by atoms with Gasteiger partial charge in [-0.3, -0.25) is 4.79 Å². The second-order valence-electron chi connectivity index (χ2n) is 2.31. The van der Waals surface area contributed by atoms with E-state index in [9.17, 15) is 4.79 Å². The molecule has 0 spiro atoms. The van der Waals surface area contributed by atoms with Gasteiger partial charge in [-0.15, -0.1) is 0 Å². The maximum atomic E-state index is 10.3. The lowest BCUT2D eigenvalue weighted by molar-refractivity contribution is 0.110. The Bertz CT molecular complexity index is 436. The van der Waals surface area contributed by atoms with Gasteiger partial charge in [0.1, 0.15) is 0 Å². The van der Waals surface area contributed by atoms with Crippen molar-refractivity contribution in [2.75, 3.05) is 0 Å². The van der Waals surface area contributed by atoms with Gasteiger partial charge in [-0.2, -0.15) is 0 Å². The van der Waals surface area contributed by atoms with Crippen LogP contribution in [0.2, 0.25) is 5.02 Å². The van der Waals surface area contributed by atoms with E-state index in [1.165, 1.54) is 6.20 Å². The molecule has 2 aromatic rings. The second-order valence-corrected chi connectivity index (χ2v) is 2.75. The van der Waals surface area contributed by atoms with Gasteiger partial charge in [0.25, 0.3) is 0 Å². The van der Waals surface area contributed by atoms with E-state index in [1.54, 1.807) is 12.1 Å². The molecule has 3 nitrogen and oxygen atoms in total. The highest BCUT2D eigenvalue weighted by atomic mass is 35.5. The van der Waals surface area contributed by atoms with Gasteiger partial charge in [-0.25, -0.2) is 4.98 Å². The standard InChI is InChI=1S/C8H4ClNO2/c9-6-1-5-2-7(4-11)12-8(5)10-3-6/h1-4H. The molecule has 0 fully saturated rings. The summed E-state index contributed by atoms with van der Waals surface area (Å²) in [4.78, 5) is 14.2. The average Bonchev–Trinajstić information content (AvgIpc) is 2.46. The fourth-order valence-electron chi connectivity index (χ4n) is 0.984. The van der Waals surface area contributed by atoms with Gasteiger partial charge in [0.05, 0.1) is 5.02 Å². The Balaban J connectivity index is 2.75. The lowest BCUT2D eigenvalue weighted by atomic mass is 10.3. The maximum Gasteiger partial charge on any atom is 0.226 e. The van der Waals surface area contributed by atoms with E-state index >= 15 is 0 Å². The molecule has 0 aromatic carbocycles. The summed E-state index contributed by atoms with van der Waals surface area (Å²) < 4.78 is 5.03. The van der Waals surface area contributed by atoms with E-state index < -0.39 is 0 Å². The van der Waals surface area contributed by atoms with Crippen LogP contribution in [0.15, 0.2) is 22.7 Å². The maximum absolute atomic E-state index is 10.3. The van der Waals surface area contributed by atoms with Crippen LogP contribution in [0.3, 0.4) is 0 Å².